The number of nitrogens with one attached hydrogen (secondary N) is 1. The highest BCUT2D eigenvalue weighted by molar-refractivity contribution is 5.86. The summed E-state index contributed by atoms with van der Waals surface area (Å²) in [5, 5.41) is 0. The first kappa shape index (κ1) is 15.6. The van der Waals surface area contributed by atoms with Gasteiger partial charge in [0.15, 0.2) is 0 Å². The highest BCUT2D eigenvalue weighted by Crippen LogP contribution is 2.15. The topological polar surface area (TPSA) is 88.7 Å². The summed E-state index contributed by atoms with van der Waals surface area (Å²) >= 11 is 0. The van der Waals surface area contributed by atoms with Gasteiger partial charge < -0.3 is 15.5 Å². The molecule has 3 N–H and O–H groups in total. The van der Waals surface area contributed by atoms with Crippen LogP contribution in [0.3, 0.4) is 0 Å². The number of aromatic amines is 1. The summed E-state index contributed by atoms with van der Waals surface area (Å²) in [6.07, 6.45) is 5.54. The lowest BCUT2D eigenvalue weighted by Crippen LogP contribution is -2.08. The van der Waals surface area contributed by atoms with Gasteiger partial charge in [-0.15, -0.1) is 0 Å². The summed E-state index contributed by atoms with van der Waals surface area (Å²) in [6.45, 7) is 6.85. The SMILES string of the molecule is C=N/C(N)=C\N=C(C)C(C)/C(F)=C/OCc1cnc[nH]1. The Morgan fingerprint density at radius 2 is 2.45 bits per heavy atom. The zero-order chi connectivity index (χ0) is 15.0. The molecule has 0 aliphatic rings. The van der Waals surface area contributed by atoms with Crippen LogP contribution in [-0.4, -0.2) is 22.4 Å². The van der Waals surface area contributed by atoms with Gasteiger partial charge in [0.05, 0.1) is 24.4 Å². The second kappa shape index (κ2) is 7.88. The molecular weight excluding hydrogens is 261 g/mol. The lowest BCUT2D eigenvalue weighted by molar-refractivity contribution is 0.221. The van der Waals surface area contributed by atoms with Crippen molar-refractivity contribution < 1.29 is 9.13 Å². The quantitative estimate of drug-likeness (QED) is 0.593. The summed E-state index contributed by atoms with van der Waals surface area (Å²) in [4.78, 5) is 14.2. The van der Waals surface area contributed by atoms with Crippen molar-refractivity contribution in [1.29, 1.82) is 0 Å². The van der Waals surface area contributed by atoms with Gasteiger partial charge in [0, 0.05) is 11.6 Å². The monoisotopic (exact) mass is 279 g/mol. The van der Waals surface area contributed by atoms with Gasteiger partial charge in [-0.25, -0.2) is 14.4 Å². The van der Waals surface area contributed by atoms with Crippen LogP contribution >= 0.6 is 0 Å². The maximum absolute atomic E-state index is 13.8. The zero-order valence-corrected chi connectivity index (χ0v) is 11.5. The number of rotatable bonds is 7. The fourth-order valence-electron chi connectivity index (χ4n) is 1.20. The van der Waals surface area contributed by atoms with E-state index in [1.165, 1.54) is 12.5 Å². The molecule has 7 heteroatoms. The number of H-pyrrole nitrogens is 1. The van der Waals surface area contributed by atoms with Crippen LogP contribution in [0, 0.1) is 5.92 Å². The first-order valence-corrected chi connectivity index (χ1v) is 5.95. The molecule has 0 radical (unpaired) electrons. The molecule has 0 spiro atoms. The van der Waals surface area contributed by atoms with Crippen molar-refractivity contribution in [2.75, 3.05) is 0 Å². The second-order valence-corrected chi connectivity index (χ2v) is 4.09. The summed E-state index contributed by atoms with van der Waals surface area (Å²) < 4.78 is 18.9. The van der Waals surface area contributed by atoms with Gasteiger partial charge >= 0.3 is 0 Å². The number of ether oxygens (including phenoxy) is 1. The van der Waals surface area contributed by atoms with E-state index in [0.29, 0.717) is 5.71 Å². The Hall–Kier alpha value is -2.44. The molecular formula is C13H18FN5O. The van der Waals surface area contributed by atoms with Crippen molar-refractivity contribution in [3.05, 3.63) is 42.3 Å². The molecule has 0 aromatic carbocycles. The summed E-state index contributed by atoms with van der Waals surface area (Å²) in [6, 6.07) is 0. The second-order valence-electron chi connectivity index (χ2n) is 4.09. The first-order valence-electron chi connectivity index (χ1n) is 5.95. The van der Waals surface area contributed by atoms with Crippen LogP contribution in [0.5, 0.6) is 0 Å². The van der Waals surface area contributed by atoms with Crippen LogP contribution < -0.4 is 5.73 Å². The van der Waals surface area contributed by atoms with Gasteiger partial charge in [0.1, 0.15) is 24.5 Å². The number of allylic oxidation sites excluding steroid dienone is 1. The minimum atomic E-state index is -0.509. The highest BCUT2D eigenvalue weighted by Gasteiger charge is 2.12. The van der Waals surface area contributed by atoms with Gasteiger partial charge in [-0.05, 0) is 13.6 Å². The van der Waals surface area contributed by atoms with Crippen LogP contribution in [-0.2, 0) is 11.3 Å². The Morgan fingerprint density at radius 1 is 1.70 bits per heavy atom. The van der Waals surface area contributed by atoms with E-state index in [1.807, 2.05) is 0 Å². The number of imidazole rings is 1. The number of nitrogens with two attached hydrogens (primary N) is 1. The van der Waals surface area contributed by atoms with E-state index in [2.05, 4.69) is 26.7 Å². The Bertz CT molecular complexity index is 519. The molecule has 0 amide bonds. The van der Waals surface area contributed by atoms with Crippen LogP contribution in [0.1, 0.15) is 19.5 Å². The smallest absolute Gasteiger partial charge is 0.143 e. The van der Waals surface area contributed by atoms with E-state index in [0.717, 1.165) is 12.0 Å². The summed E-state index contributed by atoms with van der Waals surface area (Å²) in [5.41, 5.74) is 6.73. The van der Waals surface area contributed by atoms with E-state index in [4.69, 9.17) is 10.5 Å². The number of halogens is 1. The number of nitrogens with zero attached hydrogens (tertiary/aromatic N) is 3. The minimum Gasteiger partial charge on any atom is -0.492 e. The maximum Gasteiger partial charge on any atom is 0.143 e. The van der Waals surface area contributed by atoms with Gasteiger partial charge in [-0.1, -0.05) is 6.92 Å². The molecule has 1 aromatic rings. The summed E-state index contributed by atoms with van der Waals surface area (Å²) in [5.74, 6) is -0.758. The third kappa shape index (κ3) is 5.05. The predicted octanol–water partition coefficient (Wildman–Crippen LogP) is 2.29. The lowest BCUT2D eigenvalue weighted by Gasteiger charge is -2.08. The minimum absolute atomic E-state index is 0.177. The number of hydrogen-bond acceptors (Lipinski definition) is 5. The molecule has 0 aliphatic carbocycles. The molecule has 0 saturated carbocycles. The third-order valence-corrected chi connectivity index (χ3v) is 2.61. The number of hydrogen-bond donors (Lipinski definition) is 2. The van der Waals surface area contributed by atoms with E-state index >= 15 is 0 Å². The van der Waals surface area contributed by atoms with Crippen molar-refractivity contribution in [3.63, 3.8) is 0 Å². The van der Waals surface area contributed by atoms with Crippen LogP contribution in [0.2, 0.25) is 0 Å². The highest BCUT2D eigenvalue weighted by atomic mass is 19.1. The molecule has 20 heavy (non-hydrogen) atoms. The molecule has 0 aliphatic heterocycles. The predicted molar refractivity (Wildman–Crippen MR) is 76.7 cm³/mol. The average Bonchev–Trinajstić information content (AvgIpc) is 2.96. The molecule has 108 valence electrons. The van der Waals surface area contributed by atoms with E-state index < -0.39 is 11.7 Å². The van der Waals surface area contributed by atoms with Crippen molar-refractivity contribution in [2.24, 2.45) is 21.6 Å². The van der Waals surface area contributed by atoms with Crippen molar-refractivity contribution >= 4 is 12.4 Å². The van der Waals surface area contributed by atoms with Crippen molar-refractivity contribution in [3.8, 4) is 0 Å². The van der Waals surface area contributed by atoms with Gasteiger partial charge in [0.2, 0.25) is 0 Å². The van der Waals surface area contributed by atoms with Gasteiger partial charge in [0.25, 0.3) is 0 Å². The fourth-order valence-corrected chi connectivity index (χ4v) is 1.20. The molecule has 0 fully saturated rings. The van der Waals surface area contributed by atoms with Gasteiger partial charge in [-0.2, -0.15) is 0 Å². The molecule has 6 nitrogen and oxygen atoms in total. The van der Waals surface area contributed by atoms with E-state index in [1.54, 1.807) is 20.0 Å². The Labute approximate surface area is 117 Å². The largest absolute Gasteiger partial charge is 0.492 e. The maximum atomic E-state index is 13.8. The molecule has 0 bridgehead atoms. The average molecular weight is 279 g/mol. The number of aromatic nitrogens is 2. The molecule has 1 rings (SSSR count). The van der Waals surface area contributed by atoms with Gasteiger partial charge in [-0.3, -0.25) is 4.99 Å². The van der Waals surface area contributed by atoms with Crippen LogP contribution in [0.15, 0.2) is 46.6 Å². The normalized spacial score (nSPS) is 15.1. The standard InChI is InChI=1S/C13H18FN5O/c1-9(10(2)18-5-13(15)16-3)12(14)7-20-6-11-4-17-8-19-11/h4-5,7-9H,3,6,15H2,1-2H3,(H,17,19)/b12-7-,13-5-,18-10?. The fraction of sp³-hybridized carbons (Fsp3) is 0.308. The van der Waals surface area contributed by atoms with E-state index in [-0.39, 0.29) is 12.4 Å². The number of aliphatic imine (C=N–C) groups is 2. The first-order chi connectivity index (χ1) is 9.54. The Balaban J connectivity index is 2.56. The van der Waals surface area contributed by atoms with E-state index in [9.17, 15) is 4.39 Å². The lowest BCUT2D eigenvalue weighted by atomic mass is 10.1. The molecule has 1 heterocycles. The van der Waals surface area contributed by atoms with Crippen LogP contribution in [0.25, 0.3) is 0 Å². The van der Waals surface area contributed by atoms with Crippen molar-refractivity contribution in [2.45, 2.75) is 20.5 Å². The molecule has 1 unspecified atom stereocenters. The molecule has 1 aromatic heterocycles. The molecule has 0 saturated heterocycles. The third-order valence-electron chi connectivity index (χ3n) is 2.61. The van der Waals surface area contributed by atoms with Crippen LogP contribution in [0.4, 0.5) is 4.39 Å². The summed E-state index contributed by atoms with van der Waals surface area (Å²) in [7, 11) is 0. The zero-order valence-electron chi connectivity index (χ0n) is 11.5. The molecule has 1 atom stereocenters. The Morgan fingerprint density at radius 3 is 3.05 bits per heavy atom. The van der Waals surface area contributed by atoms with Crippen molar-refractivity contribution in [1.82, 2.24) is 9.97 Å². The Kier molecular flexibility index (Phi) is 6.15.